The third-order valence-corrected chi connectivity index (χ3v) is 13.4. The highest BCUT2D eigenvalue weighted by molar-refractivity contribution is 6.24. The standard InChI is InChI=1S/C61H42/c1-61(2)55-31-16-15-22-44(55)52-29-17-30-53(60(52)61)59-49-27-13-11-25-47(49)56(48-26-12-14-28-50(48)59)41-32-34-42(35-33-41)57-45-23-9-10-24-46(45)58(40-20-7-4-8-21-40)54-38-43(36-37-51(54)57)39-18-5-3-6-19-39/h3-38H,1-2H3. The fraction of sp³-hybridized carbons (Fsp3) is 0.0492. The zero-order valence-corrected chi connectivity index (χ0v) is 34.3. The van der Waals surface area contributed by atoms with Crippen molar-refractivity contribution in [1.82, 2.24) is 0 Å². The molecule has 12 rings (SSSR count). The molecule has 0 radical (unpaired) electrons. The van der Waals surface area contributed by atoms with Crippen molar-refractivity contribution in [3.8, 4) is 66.8 Å². The molecule has 286 valence electrons. The lowest BCUT2D eigenvalue weighted by atomic mass is 9.77. The molecule has 11 aromatic rings. The number of rotatable bonds is 5. The van der Waals surface area contributed by atoms with Crippen molar-refractivity contribution < 1.29 is 0 Å². The first kappa shape index (κ1) is 35.4. The summed E-state index contributed by atoms with van der Waals surface area (Å²) in [5, 5.41) is 10.1. The van der Waals surface area contributed by atoms with E-state index in [1.807, 2.05) is 0 Å². The lowest BCUT2D eigenvalue weighted by Crippen LogP contribution is -2.16. The van der Waals surface area contributed by atoms with Crippen molar-refractivity contribution in [2.45, 2.75) is 19.3 Å². The summed E-state index contributed by atoms with van der Waals surface area (Å²) in [5.74, 6) is 0. The summed E-state index contributed by atoms with van der Waals surface area (Å²) in [6.07, 6.45) is 0. The zero-order valence-electron chi connectivity index (χ0n) is 34.3. The lowest BCUT2D eigenvalue weighted by molar-refractivity contribution is 0.662. The summed E-state index contributed by atoms with van der Waals surface area (Å²) >= 11 is 0. The van der Waals surface area contributed by atoms with Crippen LogP contribution in [0.4, 0.5) is 0 Å². The van der Waals surface area contributed by atoms with Crippen LogP contribution in [0.15, 0.2) is 218 Å². The van der Waals surface area contributed by atoms with E-state index in [-0.39, 0.29) is 5.41 Å². The summed E-state index contributed by atoms with van der Waals surface area (Å²) in [5.41, 5.74) is 17.9. The van der Waals surface area contributed by atoms with Crippen LogP contribution >= 0.6 is 0 Å². The summed E-state index contributed by atoms with van der Waals surface area (Å²) in [7, 11) is 0. The summed E-state index contributed by atoms with van der Waals surface area (Å²) < 4.78 is 0. The Labute approximate surface area is 357 Å². The van der Waals surface area contributed by atoms with Crippen molar-refractivity contribution in [3.05, 3.63) is 230 Å². The Bertz CT molecular complexity index is 3460. The molecule has 0 fully saturated rings. The first-order chi connectivity index (χ1) is 30.1. The number of hydrogen-bond donors (Lipinski definition) is 0. The van der Waals surface area contributed by atoms with Gasteiger partial charge in [0.1, 0.15) is 0 Å². The molecule has 61 heavy (non-hydrogen) atoms. The molecule has 1 aliphatic carbocycles. The molecule has 0 unspecified atom stereocenters. The molecule has 0 heteroatoms. The van der Waals surface area contributed by atoms with Crippen LogP contribution in [0.5, 0.6) is 0 Å². The molecular formula is C61H42. The first-order valence-corrected chi connectivity index (χ1v) is 21.4. The number of hydrogen-bond acceptors (Lipinski definition) is 0. The monoisotopic (exact) mass is 774 g/mol. The Balaban J connectivity index is 1.07. The molecule has 0 nitrogen and oxygen atoms in total. The Morgan fingerprint density at radius 2 is 0.623 bits per heavy atom. The highest BCUT2D eigenvalue weighted by Gasteiger charge is 2.38. The Morgan fingerprint density at radius 1 is 0.246 bits per heavy atom. The molecule has 0 heterocycles. The van der Waals surface area contributed by atoms with Crippen LogP contribution in [0, 0.1) is 0 Å². The van der Waals surface area contributed by atoms with Crippen LogP contribution < -0.4 is 0 Å². The fourth-order valence-electron chi connectivity index (χ4n) is 10.8. The highest BCUT2D eigenvalue weighted by Crippen LogP contribution is 2.55. The molecule has 0 atom stereocenters. The van der Waals surface area contributed by atoms with Gasteiger partial charge in [-0.25, -0.2) is 0 Å². The molecule has 0 saturated heterocycles. The van der Waals surface area contributed by atoms with Crippen LogP contribution in [-0.4, -0.2) is 0 Å². The zero-order chi connectivity index (χ0) is 40.7. The molecule has 0 amide bonds. The van der Waals surface area contributed by atoms with Crippen LogP contribution in [-0.2, 0) is 5.41 Å². The van der Waals surface area contributed by atoms with Gasteiger partial charge in [0, 0.05) is 5.41 Å². The summed E-state index contributed by atoms with van der Waals surface area (Å²) in [6, 6.07) is 81.1. The molecular weight excluding hydrogens is 733 g/mol. The van der Waals surface area contributed by atoms with Gasteiger partial charge in [0.2, 0.25) is 0 Å². The van der Waals surface area contributed by atoms with Crippen molar-refractivity contribution >= 4 is 43.1 Å². The third kappa shape index (κ3) is 5.39. The first-order valence-electron chi connectivity index (χ1n) is 21.4. The smallest absolute Gasteiger partial charge is 0.0165 e. The fourth-order valence-corrected chi connectivity index (χ4v) is 10.8. The van der Waals surface area contributed by atoms with Gasteiger partial charge in [-0.05, 0) is 127 Å². The second-order valence-electron chi connectivity index (χ2n) is 17.1. The maximum Gasteiger partial charge on any atom is 0.0165 e. The molecule has 0 saturated carbocycles. The SMILES string of the molecule is CC1(C)c2ccccc2-c2cccc(-c3c4ccccc4c(-c4ccc(-c5c6ccccc6c(-c6ccccc6)c6cc(-c7ccccc7)ccc56)cc4)c4ccccc34)c21. The van der Waals surface area contributed by atoms with E-state index in [4.69, 9.17) is 0 Å². The topological polar surface area (TPSA) is 0 Å². The predicted molar refractivity (Wildman–Crippen MR) is 261 cm³/mol. The van der Waals surface area contributed by atoms with E-state index in [1.54, 1.807) is 0 Å². The van der Waals surface area contributed by atoms with E-state index in [0.29, 0.717) is 0 Å². The van der Waals surface area contributed by atoms with E-state index < -0.39 is 0 Å². The minimum Gasteiger partial charge on any atom is -0.0622 e. The second kappa shape index (κ2) is 13.8. The average Bonchev–Trinajstić information content (AvgIpc) is 3.56. The van der Waals surface area contributed by atoms with E-state index in [1.165, 1.54) is 121 Å². The van der Waals surface area contributed by atoms with Crippen LogP contribution in [0.2, 0.25) is 0 Å². The minimum atomic E-state index is -0.129. The average molecular weight is 775 g/mol. The van der Waals surface area contributed by atoms with Gasteiger partial charge in [0.15, 0.2) is 0 Å². The Hall–Kier alpha value is -7.54. The van der Waals surface area contributed by atoms with Gasteiger partial charge in [0.05, 0.1) is 0 Å². The van der Waals surface area contributed by atoms with Crippen LogP contribution in [0.3, 0.4) is 0 Å². The minimum absolute atomic E-state index is 0.129. The van der Waals surface area contributed by atoms with Crippen molar-refractivity contribution in [1.29, 1.82) is 0 Å². The maximum atomic E-state index is 2.40. The molecule has 11 aromatic carbocycles. The van der Waals surface area contributed by atoms with Gasteiger partial charge in [-0.3, -0.25) is 0 Å². The third-order valence-electron chi connectivity index (χ3n) is 13.4. The Kier molecular flexibility index (Phi) is 7.99. The molecule has 0 N–H and O–H groups in total. The highest BCUT2D eigenvalue weighted by atomic mass is 14.4. The molecule has 0 aliphatic heterocycles. The van der Waals surface area contributed by atoms with Crippen LogP contribution in [0.1, 0.15) is 25.0 Å². The van der Waals surface area contributed by atoms with E-state index in [2.05, 4.69) is 232 Å². The second-order valence-corrected chi connectivity index (χ2v) is 17.1. The maximum absolute atomic E-state index is 2.40. The number of benzene rings is 11. The molecule has 0 spiro atoms. The van der Waals surface area contributed by atoms with Gasteiger partial charge in [-0.15, -0.1) is 0 Å². The van der Waals surface area contributed by atoms with Gasteiger partial charge in [-0.2, -0.15) is 0 Å². The van der Waals surface area contributed by atoms with Gasteiger partial charge < -0.3 is 0 Å². The van der Waals surface area contributed by atoms with Crippen LogP contribution in [0.25, 0.3) is 110 Å². The van der Waals surface area contributed by atoms with E-state index in [9.17, 15) is 0 Å². The van der Waals surface area contributed by atoms with E-state index in [0.717, 1.165) is 0 Å². The van der Waals surface area contributed by atoms with Crippen molar-refractivity contribution in [3.63, 3.8) is 0 Å². The number of fused-ring (bicyclic) bond motifs is 7. The molecule has 0 bridgehead atoms. The van der Waals surface area contributed by atoms with Gasteiger partial charge in [-0.1, -0.05) is 226 Å². The lowest BCUT2D eigenvalue weighted by Gasteiger charge is -2.26. The normalized spacial score (nSPS) is 12.9. The molecule has 1 aliphatic rings. The molecule has 0 aromatic heterocycles. The summed E-state index contributed by atoms with van der Waals surface area (Å²) in [6.45, 7) is 4.79. The summed E-state index contributed by atoms with van der Waals surface area (Å²) in [4.78, 5) is 0. The largest absolute Gasteiger partial charge is 0.0622 e. The van der Waals surface area contributed by atoms with Crippen molar-refractivity contribution in [2.24, 2.45) is 0 Å². The van der Waals surface area contributed by atoms with E-state index >= 15 is 0 Å². The van der Waals surface area contributed by atoms with Crippen molar-refractivity contribution in [2.75, 3.05) is 0 Å². The van der Waals surface area contributed by atoms with Gasteiger partial charge >= 0.3 is 0 Å². The Morgan fingerprint density at radius 3 is 1.18 bits per heavy atom. The van der Waals surface area contributed by atoms with Gasteiger partial charge in [0.25, 0.3) is 0 Å². The quantitative estimate of drug-likeness (QED) is 0.153. The predicted octanol–water partition coefficient (Wildman–Crippen LogP) is 16.9.